The second kappa shape index (κ2) is 13.1. The summed E-state index contributed by atoms with van der Waals surface area (Å²) in [5, 5.41) is 31.2. The highest BCUT2D eigenvalue weighted by molar-refractivity contribution is 9.10. The molecule has 0 unspecified atom stereocenters. The molecule has 0 fully saturated rings. The number of amides is 2. The number of aliphatic hydroxyl groups is 1. The van der Waals surface area contributed by atoms with Crippen LogP contribution in [-0.2, 0) is 22.6 Å². The van der Waals surface area contributed by atoms with Gasteiger partial charge in [0.2, 0.25) is 17.6 Å². The number of furan rings is 1. The number of hydrogen-bond acceptors (Lipinski definition) is 8. The summed E-state index contributed by atoms with van der Waals surface area (Å²) in [6.07, 6.45) is 0.788. The molecule has 0 saturated heterocycles. The Balaban J connectivity index is 1.27. The largest absolute Gasteiger partial charge is 0.455 e. The molecule has 2 amide bonds. The van der Waals surface area contributed by atoms with Crippen molar-refractivity contribution in [3.63, 3.8) is 0 Å². The molecular formula is C34H36BrN7O4. The lowest BCUT2D eigenvalue weighted by Crippen LogP contribution is -2.51. The number of anilines is 1. The number of β-amino-alcohol motifs (C(OH)–C–C–N with tert-alkyl or cyclic N) is 1. The number of halogens is 1. The maximum absolute atomic E-state index is 14.1. The molecule has 0 radical (unpaired) electrons. The number of fused-ring (bicyclic) bond motifs is 2. The number of tetrazole rings is 1. The fourth-order valence-electron chi connectivity index (χ4n) is 5.87. The molecule has 3 aromatic carbocycles. The highest BCUT2D eigenvalue weighted by Crippen LogP contribution is 2.41. The van der Waals surface area contributed by atoms with E-state index in [0.29, 0.717) is 43.1 Å². The Bertz CT molecular complexity index is 1870. The third-order valence-electron chi connectivity index (χ3n) is 8.15. The van der Waals surface area contributed by atoms with Crippen LogP contribution in [0.5, 0.6) is 0 Å². The van der Waals surface area contributed by atoms with Crippen molar-refractivity contribution >= 4 is 44.4 Å². The zero-order valence-electron chi connectivity index (χ0n) is 25.9. The van der Waals surface area contributed by atoms with Gasteiger partial charge in [0, 0.05) is 40.7 Å². The summed E-state index contributed by atoms with van der Waals surface area (Å²) in [7, 11) is 0. The Morgan fingerprint density at radius 1 is 1.15 bits per heavy atom. The normalized spacial score (nSPS) is 15.9. The maximum atomic E-state index is 14.1. The van der Waals surface area contributed by atoms with Gasteiger partial charge in [-0.25, -0.2) is 0 Å². The number of rotatable bonds is 10. The first-order valence-electron chi connectivity index (χ1n) is 15.3. The van der Waals surface area contributed by atoms with Gasteiger partial charge in [0.15, 0.2) is 0 Å². The fraction of sp³-hybridized carbons (Fsp3) is 0.324. The maximum Gasteiger partial charge on any atom is 0.249 e. The van der Waals surface area contributed by atoms with Crippen LogP contribution in [0.2, 0.25) is 0 Å². The Labute approximate surface area is 274 Å². The molecule has 6 rings (SSSR count). The van der Waals surface area contributed by atoms with Gasteiger partial charge in [-0.3, -0.25) is 9.59 Å². The standard InChI is InChI=1S/C34H36BrN7O4/c1-20(43)18-36-34(2,3)17-29(44)37-26-14-13-22-8-4-7-11-27(22)42(33(26)45)19-21-12-15-28-25(16-21)30(35)31(46-28)23-9-5-6-10-24(23)32-38-40-41-39-32/h4-12,15-16,20,26,36,43H,13-14,17-19H2,1-3H3,(H,37,44)(H,38,39,40,41)/t20-,26-/m1/s1. The fourth-order valence-corrected chi connectivity index (χ4v) is 6.47. The van der Waals surface area contributed by atoms with Crippen molar-refractivity contribution in [2.24, 2.45) is 0 Å². The monoisotopic (exact) mass is 685 g/mol. The number of aliphatic hydroxyl groups excluding tert-OH is 1. The van der Waals surface area contributed by atoms with E-state index >= 15 is 0 Å². The summed E-state index contributed by atoms with van der Waals surface area (Å²) in [6, 6.07) is 20.8. The van der Waals surface area contributed by atoms with Gasteiger partial charge in [-0.2, -0.15) is 5.21 Å². The predicted molar refractivity (Wildman–Crippen MR) is 179 cm³/mol. The van der Waals surface area contributed by atoms with E-state index in [4.69, 9.17) is 4.42 Å². The van der Waals surface area contributed by atoms with Crippen molar-refractivity contribution in [3.8, 4) is 22.7 Å². The van der Waals surface area contributed by atoms with Gasteiger partial charge in [-0.15, -0.1) is 10.2 Å². The summed E-state index contributed by atoms with van der Waals surface area (Å²) in [5.74, 6) is 0.722. The van der Waals surface area contributed by atoms with E-state index in [0.717, 1.165) is 37.8 Å². The van der Waals surface area contributed by atoms with Crippen LogP contribution in [-0.4, -0.2) is 61.8 Å². The zero-order chi connectivity index (χ0) is 32.4. The predicted octanol–water partition coefficient (Wildman–Crippen LogP) is 5.15. The number of nitrogens with zero attached hydrogens (tertiary/aromatic N) is 4. The first-order valence-corrected chi connectivity index (χ1v) is 16.0. The highest BCUT2D eigenvalue weighted by Gasteiger charge is 2.33. The van der Waals surface area contributed by atoms with Crippen molar-refractivity contribution in [3.05, 3.63) is 82.3 Å². The molecule has 1 aliphatic rings. The molecular weight excluding hydrogens is 650 g/mol. The number of hydrogen-bond donors (Lipinski definition) is 4. The molecule has 238 valence electrons. The van der Waals surface area contributed by atoms with Gasteiger partial charge in [-0.05, 0) is 84.1 Å². The molecule has 11 nitrogen and oxygen atoms in total. The molecule has 2 aromatic heterocycles. The van der Waals surface area contributed by atoms with Crippen molar-refractivity contribution in [2.45, 2.75) is 64.3 Å². The Morgan fingerprint density at radius 3 is 2.67 bits per heavy atom. The minimum atomic E-state index is -0.676. The Kier molecular flexibility index (Phi) is 9.03. The minimum Gasteiger partial charge on any atom is -0.455 e. The van der Waals surface area contributed by atoms with Gasteiger partial charge in [0.25, 0.3) is 0 Å². The van der Waals surface area contributed by atoms with Crippen LogP contribution in [0.4, 0.5) is 5.69 Å². The summed E-state index contributed by atoms with van der Waals surface area (Å²) >= 11 is 3.77. The molecule has 0 bridgehead atoms. The lowest BCUT2D eigenvalue weighted by molar-refractivity contribution is -0.128. The van der Waals surface area contributed by atoms with Gasteiger partial charge in [-0.1, -0.05) is 48.5 Å². The van der Waals surface area contributed by atoms with Crippen LogP contribution < -0.4 is 15.5 Å². The molecule has 4 N–H and O–H groups in total. The number of H-pyrrole nitrogens is 1. The van der Waals surface area contributed by atoms with Gasteiger partial charge < -0.3 is 25.1 Å². The number of aromatic amines is 1. The van der Waals surface area contributed by atoms with E-state index in [1.54, 1.807) is 11.8 Å². The molecule has 1 aliphatic heterocycles. The molecule has 0 saturated carbocycles. The lowest BCUT2D eigenvalue weighted by Gasteiger charge is -2.29. The number of aromatic nitrogens is 4. The Morgan fingerprint density at radius 2 is 1.91 bits per heavy atom. The van der Waals surface area contributed by atoms with Crippen LogP contribution in [0.25, 0.3) is 33.7 Å². The minimum absolute atomic E-state index is 0.158. The average molecular weight is 687 g/mol. The number of carbonyl (C=O) groups is 2. The summed E-state index contributed by atoms with van der Waals surface area (Å²) in [5.41, 5.74) is 4.53. The third-order valence-corrected chi connectivity index (χ3v) is 8.94. The average Bonchev–Trinajstić information content (AvgIpc) is 3.66. The topological polar surface area (TPSA) is 149 Å². The first kappa shape index (κ1) is 31.6. The van der Waals surface area contributed by atoms with Crippen LogP contribution in [0.15, 0.2) is 75.6 Å². The smallest absolute Gasteiger partial charge is 0.249 e. The molecule has 2 atom stereocenters. The van der Waals surface area contributed by atoms with Crippen molar-refractivity contribution in [1.29, 1.82) is 0 Å². The first-order chi connectivity index (χ1) is 22.1. The second-order valence-electron chi connectivity index (χ2n) is 12.4. The van der Waals surface area contributed by atoms with E-state index in [2.05, 4.69) is 47.2 Å². The lowest BCUT2D eigenvalue weighted by atomic mass is 9.99. The summed E-state index contributed by atoms with van der Waals surface area (Å²) in [4.78, 5) is 29.0. The van der Waals surface area contributed by atoms with Crippen molar-refractivity contribution < 1.29 is 19.1 Å². The van der Waals surface area contributed by atoms with Gasteiger partial charge >= 0.3 is 0 Å². The number of carbonyl (C=O) groups excluding carboxylic acids is 2. The number of aryl methyl sites for hydroxylation is 1. The van der Waals surface area contributed by atoms with Crippen molar-refractivity contribution in [1.82, 2.24) is 31.3 Å². The van der Waals surface area contributed by atoms with Gasteiger partial charge in [0.1, 0.15) is 17.4 Å². The summed E-state index contributed by atoms with van der Waals surface area (Å²) < 4.78 is 7.09. The molecule has 46 heavy (non-hydrogen) atoms. The quantitative estimate of drug-likeness (QED) is 0.158. The van der Waals surface area contributed by atoms with Crippen molar-refractivity contribution in [2.75, 3.05) is 11.4 Å². The van der Waals surface area contributed by atoms with Crippen LogP contribution in [0.1, 0.15) is 44.7 Å². The highest BCUT2D eigenvalue weighted by atomic mass is 79.9. The zero-order valence-corrected chi connectivity index (χ0v) is 27.5. The van der Waals surface area contributed by atoms with Crippen LogP contribution in [0, 0.1) is 0 Å². The van der Waals surface area contributed by atoms with Crippen LogP contribution >= 0.6 is 15.9 Å². The van der Waals surface area contributed by atoms with E-state index in [1.807, 2.05) is 80.6 Å². The molecule has 0 aliphatic carbocycles. The second-order valence-corrected chi connectivity index (χ2v) is 13.2. The van der Waals surface area contributed by atoms with E-state index in [1.165, 1.54) is 0 Å². The Hall–Kier alpha value is -4.39. The van der Waals surface area contributed by atoms with Gasteiger partial charge in [0.05, 0.1) is 17.1 Å². The van der Waals surface area contributed by atoms with E-state index < -0.39 is 17.7 Å². The molecule has 5 aromatic rings. The third kappa shape index (κ3) is 6.74. The van der Waals surface area contributed by atoms with E-state index in [9.17, 15) is 14.7 Å². The van der Waals surface area contributed by atoms with E-state index in [-0.39, 0.29) is 18.2 Å². The molecule has 12 heteroatoms. The number of nitrogens with one attached hydrogen (secondary N) is 3. The number of para-hydroxylation sites is 1. The molecule has 0 spiro atoms. The summed E-state index contributed by atoms with van der Waals surface area (Å²) in [6.45, 7) is 6.19. The SMILES string of the molecule is C[C@@H](O)CNC(C)(C)CC(=O)N[C@@H]1CCc2ccccc2N(Cc2ccc3oc(-c4ccccc4-c4nn[nH]n4)c(Br)c3c2)C1=O. The molecule has 3 heterocycles. The number of benzene rings is 3. The van der Waals surface area contributed by atoms with Crippen LogP contribution in [0.3, 0.4) is 0 Å².